The number of hydrogen-bond donors (Lipinski definition) is 1. The molecule has 0 aliphatic carbocycles. The number of nitrogens with zero attached hydrogens (tertiary/aromatic N) is 2. The van der Waals surface area contributed by atoms with Crippen molar-refractivity contribution in [3.05, 3.63) is 65.4 Å². The Morgan fingerprint density at radius 1 is 1.13 bits per heavy atom. The highest BCUT2D eigenvalue weighted by Crippen LogP contribution is 2.25. The average Bonchev–Trinajstić information content (AvgIpc) is 3.03. The molecule has 0 aromatic heterocycles. The number of hydrogen-bond acceptors (Lipinski definition) is 5. The van der Waals surface area contributed by atoms with Crippen molar-refractivity contribution in [2.45, 2.75) is 6.92 Å². The molecule has 2 heterocycles. The van der Waals surface area contributed by atoms with Crippen molar-refractivity contribution in [3.63, 3.8) is 0 Å². The highest BCUT2D eigenvalue weighted by Gasteiger charge is 2.32. The van der Waals surface area contributed by atoms with Crippen LogP contribution >= 0.6 is 12.2 Å². The maximum atomic E-state index is 12.9. The second-order valence-corrected chi connectivity index (χ2v) is 7.67. The smallest absolute Gasteiger partial charge is 0.281 e. The molecule has 0 radical (unpaired) electrons. The second-order valence-electron chi connectivity index (χ2n) is 7.29. The Morgan fingerprint density at radius 2 is 1.87 bits per heavy atom. The number of benzene rings is 2. The van der Waals surface area contributed by atoms with Gasteiger partial charge in [0.1, 0.15) is 18.1 Å². The summed E-state index contributed by atoms with van der Waals surface area (Å²) < 4.78 is 11.2. The number of amides is 1. The van der Waals surface area contributed by atoms with Gasteiger partial charge >= 0.3 is 0 Å². The van der Waals surface area contributed by atoms with E-state index in [0.717, 1.165) is 55.4 Å². The molecular formula is C23H25N3O3S. The number of thiocarbonyl (C=S) groups is 1. The quantitative estimate of drug-likeness (QED) is 0.570. The summed E-state index contributed by atoms with van der Waals surface area (Å²) in [5.41, 5.74) is 3.16. The average molecular weight is 424 g/mol. The predicted molar refractivity (Wildman–Crippen MR) is 122 cm³/mol. The van der Waals surface area contributed by atoms with Crippen molar-refractivity contribution in [2.24, 2.45) is 0 Å². The zero-order chi connectivity index (χ0) is 20.9. The Labute approximate surface area is 182 Å². The highest BCUT2D eigenvalue weighted by molar-refractivity contribution is 7.80. The van der Waals surface area contributed by atoms with Crippen LogP contribution in [-0.4, -0.2) is 55.4 Å². The summed E-state index contributed by atoms with van der Waals surface area (Å²) in [5, 5.41) is 3.43. The third kappa shape index (κ3) is 4.70. The number of carbonyl (C=O) groups is 1. The number of para-hydroxylation sites is 1. The van der Waals surface area contributed by atoms with Gasteiger partial charge in [-0.15, -0.1) is 0 Å². The Kier molecular flexibility index (Phi) is 6.42. The lowest BCUT2D eigenvalue weighted by atomic mass is 10.1. The standard InChI is InChI=1S/C23H25N3O3S/c1-17-4-2-3-5-21(17)26-22(27)20(24-23(26)30)16-18-6-8-19(9-7-18)29-15-12-25-10-13-28-14-11-25/h2-9,16H,10-15H2,1H3,(H,24,30)/b20-16+. The monoisotopic (exact) mass is 423 g/mol. The maximum Gasteiger partial charge on any atom is 0.281 e. The van der Waals surface area contributed by atoms with E-state index in [4.69, 9.17) is 21.7 Å². The zero-order valence-corrected chi connectivity index (χ0v) is 17.8. The number of aryl methyl sites for hydroxylation is 1. The van der Waals surface area contributed by atoms with Gasteiger partial charge in [0.2, 0.25) is 0 Å². The lowest BCUT2D eigenvalue weighted by molar-refractivity contribution is -0.113. The molecule has 0 saturated carbocycles. The van der Waals surface area contributed by atoms with Crippen LogP contribution < -0.4 is 15.0 Å². The number of carbonyl (C=O) groups excluding carboxylic acids is 1. The van der Waals surface area contributed by atoms with Crippen LogP contribution in [0.1, 0.15) is 11.1 Å². The fourth-order valence-electron chi connectivity index (χ4n) is 3.51. The third-order valence-electron chi connectivity index (χ3n) is 5.21. The molecule has 30 heavy (non-hydrogen) atoms. The van der Waals surface area contributed by atoms with Crippen molar-refractivity contribution in [1.29, 1.82) is 0 Å². The first-order valence-corrected chi connectivity index (χ1v) is 10.5. The van der Waals surface area contributed by atoms with Crippen molar-refractivity contribution < 1.29 is 14.3 Å². The fraction of sp³-hybridized carbons (Fsp3) is 0.304. The minimum absolute atomic E-state index is 0.153. The molecule has 1 N–H and O–H groups in total. The van der Waals surface area contributed by atoms with E-state index in [9.17, 15) is 4.79 Å². The van der Waals surface area contributed by atoms with Gasteiger partial charge in [-0.1, -0.05) is 30.3 Å². The number of anilines is 1. The summed E-state index contributed by atoms with van der Waals surface area (Å²) in [4.78, 5) is 16.8. The van der Waals surface area contributed by atoms with Gasteiger partial charge in [0.05, 0.1) is 18.9 Å². The fourth-order valence-corrected chi connectivity index (χ4v) is 3.80. The number of nitrogens with one attached hydrogen (secondary N) is 1. The molecule has 2 aliphatic heterocycles. The first-order valence-electron chi connectivity index (χ1n) is 10.1. The van der Waals surface area contributed by atoms with Gasteiger partial charge in [-0.05, 0) is 54.5 Å². The van der Waals surface area contributed by atoms with Crippen LogP contribution in [0, 0.1) is 6.92 Å². The molecule has 2 saturated heterocycles. The topological polar surface area (TPSA) is 54.0 Å². The molecule has 156 valence electrons. The molecule has 1 amide bonds. The SMILES string of the molecule is Cc1ccccc1N1C(=O)/C(=C\c2ccc(OCCN3CCOCC3)cc2)NC1=S. The summed E-state index contributed by atoms with van der Waals surface area (Å²) in [7, 11) is 0. The van der Waals surface area contributed by atoms with Gasteiger partial charge in [-0.3, -0.25) is 14.6 Å². The molecule has 0 atom stereocenters. The molecule has 4 rings (SSSR count). The molecule has 2 aliphatic rings. The Bertz CT molecular complexity index is 952. The van der Waals surface area contributed by atoms with Gasteiger partial charge in [-0.25, -0.2) is 0 Å². The van der Waals surface area contributed by atoms with Crippen LogP contribution in [0.15, 0.2) is 54.2 Å². The lowest BCUT2D eigenvalue weighted by Gasteiger charge is -2.26. The van der Waals surface area contributed by atoms with Crippen LogP contribution in [0.3, 0.4) is 0 Å². The van der Waals surface area contributed by atoms with E-state index in [-0.39, 0.29) is 5.91 Å². The molecule has 2 aromatic rings. The normalized spacial score (nSPS) is 18.7. The molecule has 2 fully saturated rings. The summed E-state index contributed by atoms with van der Waals surface area (Å²) >= 11 is 5.40. The van der Waals surface area contributed by atoms with E-state index in [1.54, 1.807) is 4.90 Å². The van der Waals surface area contributed by atoms with Crippen LogP contribution in [0.4, 0.5) is 5.69 Å². The largest absolute Gasteiger partial charge is 0.492 e. The highest BCUT2D eigenvalue weighted by atomic mass is 32.1. The molecule has 0 unspecified atom stereocenters. The maximum absolute atomic E-state index is 12.9. The zero-order valence-electron chi connectivity index (χ0n) is 17.0. The number of ether oxygens (including phenoxy) is 2. The number of rotatable bonds is 6. The number of morpholine rings is 1. The molecule has 0 spiro atoms. The van der Waals surface area contributed by atoms with Gasteiger partial charge in [-0.2, -0.15) is 0 Å². The second kappa shape index (κ2) is 9.38. The molecular weight excluding hydrogens is 398 g/mol. The lowest BCUT2D eigenvalue weighted by Crippen LogP contribution is -2.38. The summed E-state index contributed by atoms with van der Waals surface area (Å²) in [6.07, 6.45) is 1.81. The molecule has 6 nitrogen and oxygen atoms in total. The Hall–Kier alpha value is -2.74. The van der Waals surface area contributed by atoms with Gasteiger partial charge in [0, 0.05) is 19.6 Å². The first-order chi connectivity index (χ1) is 14.6. The first kappa shape index (κ1) is 20.5. The molecule has 7 heteroatoms. The minimum Gasteiger partial charge on any atom is -0.492 e. The van der Waals surface area contributed by atoms with E-state index >= 15 is 0 Å². The third-order valence-corrected chi connectivity index (χ3v) is 5.49. The van der Waals surface area contributed by atoms with Crippen LogP contribution in [0.25, 0.3) is 6.08 Å². The van der Waals surface area contributed by atoms with E-state index in [1.165, 1.54) is 0 Å². The summed E-state index contributed by atoms with van der Waals surface area (Å²) in [6.45, 7) is 6.99. The van der Waals surface area contributed by atoms with Gasteiger partial charge < -0.3 is 14.8 Å². The summed E-state index contributed by atoms with van der Waals surface area (Å²) in [5.74, 6) is 0.660. The molecule has 2 aromatic carbocycles. The summed E-state index contributed by atoms with van der Waals surface area (Å²) in [6, 6.07) is 15.4. The van der Waals surface area contributed by atoms with Crippen molar-refractivity contribution in [3.8, 4) is 5.75 Å². The van der Waals surface area contributed by atoms with E-state index < -0.39 is 0 Å². The van der Waals surface area contributed by atoms with Crippen molar-refractivity contribution >= 4 is 35.0 Å². The van der Waals surface area contributed by atoms with E-state index in [1.807, 2.05) is 61.5 Å². The molecule has 0 bridgehead atoms. The Balaban J connectivity index is 1.38. The minimum atomic E-state index is -0.153. The van der Waals surface area contributed by atoms with Crippen LogP contribution in [0.2, 0.25) is 0 Å². The van der Waals surface area contributed by atoms with Gasteiger partial charge in [0.25, 0.3) is 5.91 Å². The van der Waals surface area contributed by atoms with Crippen molar-refractivity contribution in [1.82, 2.24) is 10.2 Å². The van der Waals surface area contributed by atoms with Gasteiger partial charge in [0.15, 0.2) is 5.11 Å². The van der Waals surface area contributed by atoms with Crippen LogP contribution in [0.5, 0.6) is 5.75 Å². The van der Waals surface area contributed by atoms with E-state index in [2.05, 4.69) is 10.2 Å². The Morgan fingerprint density at radius 3 is 2.60 bits per heavy atom. The predicted octanol–water partition coefficient (Wildman–Crippen LogP) is 2.97. The van der Waals surface area contributed by atoms with Crippen LogP contribution in [-0.2, 0) is 9.53 Å². The van der Waals surface area contributed by atoms with E-state index in [0.29, 0.717) is 17.4 Å². The van der Waals surface area contributed by atoms with Crippen molar-refractivity contribution in [2.75, 3.05) is 44.4 Å².